The molecule has 1 N–H and O–H groups in total. The molecular formula is C24H19N7O2. The molecule has 0 saturated carbocycles. The zero-order valence-corrected chi connectivity index (χ0v) is 17.5. The van der Waals surface area contributed by atoms with Crippen LogP contribution in [0.4, 0.5) is 5.69 Å². The van der Waals surface area contributed by atoms with Crippen LogP contribution in [0.15, 0.2) is 89.4 Å². The number of nitrogens with one attached hydrogen (secondary N) is 1. The summed E-state index contributed by atoms with van der Waals surface area (Å²) in [7, 11) is 0. The number of rotatable bonds is 7. The first-order valence-corrected chi connectivity index (χ1v) is 10.2. The normalized spacial score (nSPS) is 16.3. The average Bonchev–Trinajstić information content (AvgIpc) is 3.32. The zero-order valence-electron chi connectivity index (χ0n) is 17.5. The second-order valence-corrected chi connectivity index (χ2v) is 7.42. The van der Waals surface area contributed by atoms with E-state index in [4.69, 9.17) is 10.4 Å². The van der Waals surface area contributed by atoms with Crippen LogP contribution in [0, 0.1) is 11.3 Å². The lowest BCUT2D eigenvalue weighted by atomic mass is 9.85. The van der Waals surface area contributed by atoms with Gasteiger partial charge in [0.15, 0.2) is 5.54 Å². The number of nitriles is 1. The molecule has 1 amide bonds. The van der Waals surface area contributed by atoms with Gasteiger partial charge in [-0.3, -0.25) is 9.78 Å². The molecule has 4 rings (SSSR count). The number of aromatic nitrogens is 1. The number of oxime groups is 1. The molecule has 1 aromatic heterocycles. The molecule has 1 aliphatic heterocycles. The highest BCUT2D eigenvalue weighted by Crippen LogP contribution is 2.34. The number of carbonyl (C=O) groups excluding carboxylic acids is 1. The Hall–Kier alpha value is -4.67. The molecule has 33 heavy (non-hydrogen) atoms. The van der Waals surface area contributed by atoms with Crippen molar-refractivity contribution < 1.29 is 9.63 Å². The van der Waals surface area contributed by atoms with Crippen LogP contribution in [0.25, 0.3) is 10.4 Å². The summed E-state index contributed by atoms with van der Waals surface area (Å²) in [6.07, 6.45) is 3.70. The first-order chi connectivity index (χ1) is 16.1. The van der Waals surface area contributed by atoms with Crippen LogP contribution < -0.4 is 5.32 Å². The van der Waals surface area contributed by atoms with Crippen LogP contribution >= 0.6 is 0 Å². The van der Waals surface area contributed by atoms with Crippen molar-refractivity contribution in [2.45, 2.75) is 24.5 Å². The topological polar surface area (TPSA) is 136 Å². The second kappa shape index (κ2) is 9.64. The van der Waals surface area contributed by atoms with E-state index in [1.165, 1.54) is 0 Å². The van der Waals surface area contributed by atoms with Crippen molar-refractivity contribution in [2.75, 3.05) is 5.32 Å². The summed E-state index contributed by atoms with van der Waals surface area (Å²) >= 11 is 0. The molecule has 0 bridgehead atoms. The Bertz CT molecular complexity index is 1250. The number of nitrogens with zero attached hydrogens (tertiary/aromatic N) is 6. The largest absolute Gasteiger partial charge is 0.391 e. The Kier molecular flexibility index (Phi) is 6.30. The Labute approximate surface area is 190 Å². The predicted molar refractivity (Wildman–Crippen MR) is 122 cm³/mol. The monoisotopic (exact) mass is 437 g/mol. The molecule has 2 atom stereocenters. The smallest absolute Gasteiger partial charge is 0.228 e. The fourth-order valence-electron chi connectivity index (χ4n) is 3.64. The van der Waals surface area contributed by atoms with E-state index in [1.807, 2.05) is 18.2 Å². The van der Waals surface area contributed by atoms with E-state index < -0.39 is 5.54 Å². The van der Waals surface area contributed by atoms with Crippen molar-refractivity contribution in [3.8, 4) is 6.07 Å². The SMILES string of the molecule is N#CC(N=[N+]=[N-])(c1ccccc1)c1ccc(NC(=O)CC2CC(c3cccnc3)=NO2)cc1. The maximum atomic E-state index is 12.5. The van der Waals surface area contributed by atoms with Crippen LogP contribution in [-0.2, 0) is 15.2 Å². The molecule has 1 aliphatic rings. The van der Waals surface area contributed by atoms with Gasteiger partial charge >= 0.3 is 0 Å². The zero-order chi connectivity index (χ0) is 23.1. The maximum Gasteiger partial charge on any atom is 0.228 e. The summed E-state index contributed by atoms with van der Waals surface area (Å²) in [5.41, 5.74) is 10.8. The van der Waals surface area contributed by atoms with Gasteiger partial charge in [0, 0.05) is 35.0 Å². The molecule has 162 valence electrons. The third kappa shape index (κ3) is 4.66. The van der Waals surface area contributed by atoms with Crippen molar-refractivity contribution >= 4 is 17.3 Å². The standard InChI is InChI=1S/C24H19N7O2/c25-16-24(30-31-26,18-6-2-1-3-7-18)19-8-10-20(11-9-19)28-23(32)14-21-13-22(29-33-21)17-5-4-12-27-15-17/h1-12,15,21H,13-14H2,(H,28,32). The molecule has 3 aromatic rings. The quantitative estimate of drug-likeness (QED) is 0.326. The molecule has 0 saturated heterocycles. The summed E-state index contributed by atoms with van der Waals surface area (Å²) in [5.74, 6) is -0.222. The number of amides is 1. The van der Waals surface area contributed by atoms with E-state index in [-0.39, 0.29) is 18.4 Å². The number of hydrogen-bond donors (Lipinski definition) is 1. The van der Waals surface area contributed by atoms with Crippen LogP contribution in [0.5, 0.6) is 0 Å². The summed E-state index contributed by atoms with van der Waals surface area (Å²) in [4.78, 5) is 24.9. The van der Waals surface area contributed by atoms with Gasteiger partial charge in [-0.25, -0.2) is 0 Å². The fourth-order valence-corrected chi connectivity index (χ4v) is 3.64. The van der Waals surface area contributed by atoms with Crippen molar-refractivity contribution in [2.24, 2.45) is 10.3 Å². The van der Waals surface area contributed by atoms with Crippen LogP contribution in [0.2, 0.25) is 0 Å². The van der Waals surface area contributed by atoms with E-state index in [2.05, 4.69) is 31.6 Å². The predicted octanol–water partition coefficient (Wildman–Crippen LogP) is 4.68. The Morgan fingerprint density at radius 2 is 1.94 bits per heavy atom. The molecule has 9 heteroatoms. The number of pyridine rings is 1. The van der Waals surface area contributed by atoms with E-state index in [1.54, 1.807) is 60.9 Å². The Morgan fingerprint density at radius 3 is 2.61 bits per heavy atom. The van der Waals surface area contributed by atoms with E-state index >= 15 is 0 Å². The van der Waals surface area contributed by atoms with Gasteiger partial charge in [0.2, 0.25) is 5.91 Å². The van der Waals surface area contributed by atoms with Crippen LogP contribution in [0.3, 0.4) is 0 Å². The highest BCUT2D eigenvalue weighted by atomic mass is 16.6. The first kappa shape index (κ1) is 21.6. The molecule has 0 fully saturated rings. The third-order valence-corrected chi connectivity index (χ3v) is 5.28. The van der Waals surface area contributed by atoms with Gasteiger partial charge in [-0.1, -0.05) is 52.7 Å². The molecular weight excluding hydrogens is 418 g/mol. The summed E-state index contributed by atoms with van der Waals surface area (Å²) in [6.45, 7) is 0. The van der Waals surface area contributed by atoms with E-state index in [9.17, 15) is 10.1 Å². The third-order valence-electron chi connectivity index (χ3n) is 5.28. The van der Waals surface area contributed by atoms with Crippen molar-refractivity contribution in [3.63, 3.8) is 0 Å². The summed E-state index contributed by atoms with van der Waals surface area (Å²) < 4.78 is 0. The van der Waals surface area contributed by atoms with Gasteiger partial charge in [0.25, 0.3) is 0 Å². The van der Waals surface area contributed by atoms with Crippen LogP contribution in [0.1, 0.15) is 29.5 Å². The van der Waals surface area contributed by atoms with Gasteiger partial charge in [-0.05, 0) is 40.9 Å². The lowest BCUT2D eigenvalue weighted by Gasteiger charge is -2.22. The summed E-state index contributed by atoms with van der Waals surface area (Å²) in [5, 5.41) is 20.6. The van der Waals surface area contributed by atoms with Crippen LogP contribution in [-0.4, -0.2) is 22.7 Å². The number of carbonyl (C=O) groups is 1. The summed E-state index contributed by atoms with van der Waals surface area (Å²) in [6, 6.07) is 21.3. The molecule has 0 spiro atoms. The maximum absolute atomic E-state index is 12.5. The highest BCUT2D eigenvalue weighted by Gasteiger charge is 2.33. The Balaban J connectivity index is 1.42. The molecule has 2 heterocycles. The highest BCUT2D eigenvalue weighted by molar-refractivity contribution is 6.01. The first-order valence-electron chi connectivity index (χ1n) is 10.2. The van der Waals surface area contributed by atoms with Gasteiger partial charge < -0.3 is 10.2 Å². The lowest BCUT2D eigenvalue weighted by molar-refractivity contribution is -0.118. The van der Waals surface area contributed by atoms with Gasteiger partial charge in [0.05, 0.1) is 18.2 Å². The fraction of sp³-hybridized carbons (Fsp3) is 0.167. The minimum atomic E-state index is -1.50. The van der Waals surface area contributed by atoms with Crippen molar-refractivity contribution in [1.29, 1.82) is 5.26 Å². The van der Waals surface area contributed by atoms with Crippen molar-refractivity contribution in [3.05, 3.63) is 106 Å². The van der Waals surface area contributed by atoms with E-state index in [0.717, 1.165) is 11.3 Å². The second-order valence-electron chi connectivity index (χ2n) is 7.42. The van der Waals surface area contributed by atoms with Crippen molar-refractivity contribution in [1.82, 2.24) is 4.98 Å². The molecule has 0 aliphatic carbocycles. The van der Waals surface area contributed by atoms with E-state index in [0.29, 0.717) is 23.2 Å². The molecule has 9 nitrogen and oxygen atoms in total. The van der Waals surface area contributed by atoms with Gasteiger partial charge in [0.1, 0.15) is 6.10 Å². The molecule has 0 radical (unpaired) electrons. The number of hydrogen-bond acceptors (Lipinski definition) is 6. The molecule has 2 aromatic carbocycles. The number of anilines is 1. The van der Waals surface area contributed by atoms with Gasteiger partial charge in [-0.2, -0.15) is 5.26 Å². The Morgan fingerprint density at radius 1 is 1.18 bits per heavy atom. The van der Waals surface area contributed by atoms with Gasteiger partial charge in [-0.15, -0.1) is 0 Å². The minimum absolute atomic E-state index is 0.139. The minimum Gasteiger partial charge on any atom is -0.391 e. The number of azide groups is 1. The average molecular weight is 437 g/mol. The lowest BCUT2D eigenvalue weighted by Crippen LogP contribution is -2.23. The molecule has 2 unspecified atom stereocenters. The number of benzene rings is 2.